The minimum atomic E-state index is 0.171. The van der Waals surface area contributed by atoms with Crippen molar-refractivity contribution in [1.82, 2.24) is 0 Å². The Kier molecular flexibility index (Phi) is 4.61. The Bertz CT molecular complexity index is 332. The van der Waals surface area contributed by atoms with Crippen LogP contribution in [0.2, 0.25) is 0 Å². The number of thiophene rings is 1. The molecule has 0 bridgehead atoms. The molecule has 0 aliphatic heterocycles. The molecule has 0 aliphatic carbocycles. The molecule has 92 valence electrons. The fourth-order valence-electron chi connectivity index (χ4n) is 1.51. The Labute approximate surface area is 112 Å². The molecule has 2 atom stereocenters. The number of halogens is 1. The van der Waals surface area contributed by atoms with Crippen LogP contribution >= 0.6 is 27.3 Å². The summed E-state index contributed by atoms with van der Waals surface area (Å²) in [6.45, 7) is 11.2. The number of hydrogen-bond donors (Lipinski definition) is 1. The summed E-state index contributed by atoms with van der Waals surface area (Å²) < 4.78 is 1.19. The molecule has 0 spiro atoms. The first-order valence-corrected chi connectivity index (χ1v) is 7.34. The van der Waals surface area contributed by atoms with Crippen LogP contribution in [0.3, 0.4) is 0 Å². The van der Waals surface area contributed by atoms with Gasteiger partial charge in [-0.25, -0.2) is 0 Å². The zero-order chi connectivity index (χ0) is 12.5. The van der Waals surface area contributed by atoms with E-state index >= 15 is 0 Å². The molecular formula is C13H22BrNS. The molecule has 3 heteroatoms. The first kappa shape index (κ1) is 14.2. The molecular weight excluding hydrogens is 282 g/mol. The summed E-state index contributed by atoms with van der Waals surface area (Å²) in [6, 6.07) is 2.34. The first-order valence-electron chi connectivity index (χ1n) is 5.73. The van der Waals surface area contributed by atoms with Gasteiger partial charge in [0, 0.05) is 20.3 Å². The standard InChI is InChI=1S/C13H22BrNS/c1-8(13(3,4)5)6-11(15)12-7-10(14)9(2)16-12/h7-8,11H,6,15H2,1-5H3. The minimum absolute atomic E-state index is 0.171. The summed E-state index contributed by atoms with van der Waals surface area (Å²) in [6.07, 6.45) is 1.05. The smallest absolute Gasteiger partial charge is 0.0392 e. The van der Waals surface area contributed by atoms with Crippen molar-refractivity contribution < 1.29 is 0 Å². The third kappa shape index (κ3) is 3.57. The lowest BCUT2D eigenvalue weighted by Crippen LogP contribution is -2.22. The van der Waals surface area contributed by atoms with Crippen LogP contribution in [0.5, 0.6) is 0 Å². The quantitative estimate of drug-likeness (QED) is 0.845. The van der Waals surface area contributed by atoms with E-state index in [0.29, 0.717) is 11.3 Å². The van der Waals surface area contributed by atoms with Crippen LogP contribution in [0.15, 0.2) is 10.5 Å². The average Bonchev–Trinajstić information content (AvgIpc) is 2.45. The molecule has 0 aliphatic rings. The molecule has 0 saturated heterocycles. The molecule has 0 radical (unpaired) electrons. The van der Waals surface area contributed by atoms with E-state index in [1.165, 1.54) is 14.2 Å². The highest BCUT2D eigenvalue weighted by molar-refractivity contribution is 9.10. The van der Waals surface area contributed by atoms with Gasteiger partial charge >= 0.3 is 0 Å². The maximum absolute atomic E-state index is 6.26. The largest absolute Gasteiger partial charge is 0.323 e. The molecule has 0 fully saturated rings. The van der Waals surface area contributed by atoms with Gasteiger partial charge in [0.15, 0.2) is 0 Å². The Hall–Kier alpha value is 0.140. The van der Waals surface area contributed by atoms with Gasteiger partial charge in [-0.1, -0.05) is 27.7 Å². The minimum Gasteiger partial charge on any atom is -0.323 e. The molecule has 2 N–H and O–H groups in total. The fraction of sp³-hybridized carbons (Fsp3) is 0.692. The predicted molar refractivity (Wildman–Crippen MR) is 76.9 cm³/mol. The van der Waals surface area contributed by atoms with Crippen molar-refractivity contribution >= 4 is 27.3 Å². The van der Waals surface area contributed by atoms with E-state index < -0.39 is 0 Å². The van der Waals surface area contributed by atoms with Gasteiger partial charge in [0.25, 0.3) is 0 Å². The Morgan fingerprint density at radius 3 is 2.38 bits per heavy atom. The summed E-state index contributed by atoms with van der Waals surface area (Å²) in [4.78, 5) is 2.61. The molecule has 16 heavy (non-hydrogen) atoms. The summed E-state index contributed by atoms with van der Waals surface area (Å²) in [5.74, 6) is 0.628. The molecule has 2 unspecified atom stereocenters. The van der Waals surface area contributed by atoms with E-state index in [4.69, 9.17) is 5.73 Å². The molecule has 0 saturated carbocycles. The fourth-order valence-corrected chi connectivity index (χ4v) is 3.09. The lowest BCUT2D eigenvalue weighted by Gasteiger charge is -2.29. The first-order chi connectivity index (χ1) is 7.21. The maximum Gasteiger partial charge on any atom is 0.0392 e. The summed E-state index contributed by atoms with van der Waals surface area (Å²) in [5.41, 5.74) is 6.60. The van der Waals surface area contributed by atoms with Crippen molar-refractivity contribution in [2.75, 3.05) is 0 Å². The SMILES string of the molecule is Cc1sc(C(N)CC(C)C(C)(C)C)cc1Br. The molecule has 1 rings (SSSR count). The predicted octanol–water partition coefficient (Wildman–Crippen LogP) is 4.89. The number of hydrogen-bond acceptors (Lipinski definition) is 2. The van der Waals surface area contributed by atoms with Crippen molar-refractivity contribution in [2.45, 2.75) is 47.1 Å². The molecule has 0 amide bonds. The van der Waals surface area contributed by atoms with Crippen molar-refractivity contribution in [3.05, 3.63) is 20.3 Å². The van der Waals surface area contributed by atoms with Gasteiger partial charge in [-0.05, 0) is 46.7 Å². The lowest BCUT2D eigenvalue weighted by molar-refractivity contribution is 0.234. The second kappa shape index (κ2) is 5.19. The van der Waals surface area contributed by atoms with Crippen molar-refractivity contribution in [1.29, 1.82) is 0 Å². The van der Waals surface area contributed by atoms with Gasteiger partial charge in [-0.2, -0.15) is 0 Å². The van der Waals surface area contributed by atoms with E-state index in [-0.39, 0.29) is 6.04 Å². The second-order valence-electron chi connectivity index (χ2n) is 5.66. The number of rotatable bonds is 3. The molecule has 1 aromatic rings. The lowest BCUT2D eigenvalue weighted by atomic mass is 9.78. The average molecular weight is 304 g/mol. The van der Waals surface area contributed by atoms with E-state index in [1.54, 1.807) is 11.3 Å². The second-order valence-corrected chi connectivity index (χ2v) is 7.80. The normalized spacial score (nSPS) is 16.2. The van der Waals surface area contributed by atoms with E-state index in [0.717, 1.165) is 6.42 Å². The third-order valence-electron chi connectivity index (χ3n) is 3.33. The maximum atomic E-state index is 6.26. The van der Waals surface area contributed by atoms with Gasteiger partial charge in [-0.3, -0.25) is 0 Å². The van der Waals surface area contributed by atoms with Crippen molar-refractivity contribution in [3.8, 4) is 0 Å². The Balaban J connectivity index is 2.69. The van der Waals surface area contributed by atoms with Crippen LogP contribution in [0.1, 0.15) is 49.9 Å². The monoisotopic (exact) mass is 303 g/mol. The Morgan fingerprint density at radius 2 is 2.00 bits per heavy atom. The summed E-state index contributed by atoms with van der Waals surface area (Å²) in [7, 11) is 0. The van der Waals surface area contributed by atoms with Gasteiger partial charge in [0.2, 0.25) is 0 Å². The Morgan fingerprint density at radius 1 is 1.44 bits per heavy atom. The summed E-state index contributed by atoms with van der Waals surface area (Å²) >= 11 is 5.35. The van der Waals surface area contributed by atoms with Crippen LogP contribution in [0.4, 0.5) is 0 Å². The van der Waals surface area contributed by atoms with E-state index in [9.17, 15) is 0 Å². The molecule has 1 aromatic heterocycles. The van der Waals surface area contributed by atoms with E-state index in [1.807, 2.05) is 0 Å². The highest BCUT2D eigenvalue weighted by Crippen LogP contribution is 2.36. The van der Waals surface area contributed by atoms with Gasteiger partial charge in [0.1, 0.15) is 0 Å². The number of nitrogens with two attached hydrogens (primary N) is 1. The van der Waals surface area contributed by atoms with Crippen LogP contribution in [0, 0.1) is 18.3 Å². The van der Waals surface area contributed by atoms with Gasteiger partial charge < -0.3 is 5.73 Å². The van der Waals surface area contributed by atoms with Crippen LogP contribution in [-0.2, 0) is 0 Å². The molecule has 1 nitrogen and oxygen atoms in total. The van der Waals surface area contributed by atoms with Crippen molar-refractivity contribution in [3.63, 3.8) is 0 Å². The highest BCUT2D eigenvalue weighted by atomic mass is 79.9. The van der Waals surface area contributed by atoms with Crippen LogP contribution < -0.4 is 5.73 Å². The van der Waals surface area contributed by atoms with E-state index in [2.05, 4.69) is 56.6 Å². The highest BCUT2D eigenvalue weighted by Gasteiger charge is 2.23. The topological polar surface area (TPSA) is 26.0 Å². The molecule has 1 heterocycles. The third-order valence-corrected chi connectivity index (χ3v) is 5.60. The van der Waals surface area contributed by atoms with Crippen LogP contribution in [-0.4, -0.2) is 0 Å². The zero-order valence-electron chi connectivity index (χ0n) is 10.8. The van der Waals surface area contributed by atoms with Gasteiger partial charge in [-0.15, -0.1) is 11.3 Å². The van der Waals surface area contributed by atoms with Gasteiger partial charge in [0.05, 0.1) is 0 Å². The van der Waals surface area contributed by atoms with Crippen LogP contribution in [0.25, 0.3) is 0 Å². The summed E-state index contributed by atoms with van der Waals surface area (Å²) in [5, 5.41) is 0. The zero-order valence-corrected chi connectivity index (χ0v) is 13.2. The number of aryl methyl sites for hydroxylation is 1. The van der Waals surface area contributed by atoms with Crippen molar-refractivity contribution in [2.24, 2.45) is 17.1 Å². The molecule has 0 aromatic carbocycles.